The number of ether oxygens (including phenoxy) is 1. The molecule has 0 bridgehead atoms. The van der Waals surface area contributed by atoms with Crippen molar-refractivity contribution >= 4 is 17.1 Å². The Bertz CT molecular complexity index is 797. The van der Waals surface area contributed by atoms with E-state index in [1.807, 2.05) is 0 Å². The van der Waals surface area contributed by atoms with Crippen molar-refractivity contribution in [1.29, 1.82) is 0 Å². The minimum atomic E-state index is -0.143. The summed E-state index contributed by atoms with van der Waals surface area (Å²) in [5, 5.41) is 15.0. The normalized spacial score (nSPS) is 10.7. The maximum atomic E-state index is 11.6. The minimum absolute atomic E-state index is 0.143. The smallest absolute Gasteiger partial charge is 0.239 e. The van der Waals surface area contributed by atoms with Gasteiger partial charge in [-0.1, -0.05) is 0 Å². The Kier molecular flexibility index (Phi) is 2.75. The van der Waals surface area contributed by atoms with Gasteiger partial charge in [0, 0.05) is 11.8 Å². The number of benzene rings is 1. The summed E-state index contributed by atoms with van der Waals surface area (Å²) in [6, 6.07) is 8.11. The summed E-state index contributed by atoms with van der Waals surface area (Å²) < 4.78 is 6.84. The highest BCUT2D eigenvalue weighted by molar-refractivity contribution is 5.97. The van der Waals surface area contributed by atoms with E-state index in [0.29, 0.717) is 22.6 Å². The van der Waals surface area contributed by atoms with E-state index in [0.717, 1.165) is 0 Å². The van der Waals surface area contributed by atoms with E-state index >= 15 is 0 Å². The molecule has 0 radical (unpaired) electrons. The number of hydrogen-bond acceptors (Lipinski definition) is 7. The van der Waals surface area contributed by atoms with Crippen molar-refractivity contribution in [2.24, 2.45) is 0 Å². The van der Waals surface area contributed by atoms with Crippen LogP contribution in [0.25, 0.3) is 5.65 Å². The molecule has 3 aromatic rings. The van der Waals surface area contributed by atoms with Gasteiger partial charge >= 0.3 is 0 Å². The zero-order valence-electron chi connectivity index (χ0n) is 10.5. The van der Waals surface area contributed by atoms with Crippen molar-refractivity contribution in [2.45, 2.75) is 6.92 Å². The molecule has 0 amide bonds. The van der Waals surface area contributed by atoms with Crippen molar-refractivity contribution in [1.82, 2.24) is 25.3 Å². The summed E-state index contributed by atoms with van der Waals surface area (Å²) in [4.78, 5) is 11.6. The highest BCUT2D eigenvalue weighted by atomic mass is 16.5. The van der Waals surface area contributed by atoms with Crippen LogP contribution in [0.3, 0.4) is 0 Å². The lowest BCUT2D eigenvalue weighted by Gasteiger charge is -2.08. The maximum absolute atomic E-state index is 11.6. The molecule has 8 nitrogen and oxygen atoms in total. The fourth-order valence-corrected chi connectivity index (χ4v) is 1.71. The standard InChI is InChI=1S/C12H10N6O2/c1-7(19)9-6-8(13)2-3-10(9)20-12-5-4-11-14-16-17-18(11)15-12/h2-6H,13H2,1H3. The van der Waals surface area contributed by atoms with Gasteiger partial charge in [-0.05, 0) is 41.6 Å². The third-order valence-corrected chi connectivity index (χ3v) is 2.64. The van der Waals surface area contributed by atoms with Gasteiger partial charge in [-0.15, -0.1) is 14.8 Å². The lowest BCUT2D eigenvalue weighted by molar-refractivity contribution is 0.101. The fourth-order valence-electron chi connectivity index (χ4n) is 1.71. The van der Waals surface area contributed by atoms with Crippen LogP contribution in [0.5, 0.6) is 11.6 Å². The van der Waals surface area contributed by atoms with Crippen molar-refractivity contribution in [3.63, 3.8) is 0 Å². The molecular formula is C12H10N6O2. The molecule has 0 saturated carbocycles. The molecular weight excluding hydrogens is 260 g/mol. The summed E-state index contributed by atoms with van der Waals surface area (Å²) in [6.45, 7) is 1.44. The summed E-state index contributed by atoms with van der Waals surface area (Å²) >= 11 is 0. The summed E-state index contributed by atoms with van der Waals surface area (Å²) in [6.07, 6.45) is 0. The van der Waals surface area contributed by atoms with Gasteiger partial charge in [-0.2, -0.15) is 0 Å². The quantitative estimate of drug-likeness (QED) is 0.560. The van der Waals surface area contributed by atoms with Gasteiger partial charge in [0.15, 0.2) is 11.4 Å². The molecule has 0 saturated heterocycles. The zero-order chi connectivity index (χ0) is 14.1. The predicted octanol–water partition coefficient (Wildman–Crippen LogP) is 1.10. The van der Waals surface area contributed by atoms with E-state index in [2.05, 4.69) is 20.6 Å². The first-order valence-corrected chi connectivity index (χ1v) is 5.77. The van der Waals surface area contributed by atoms with Gasteiger partial charge in [0.05, 0.1) is 5.56 Å². The van der Waals surface area contributed by atoms with Gasteiger partial charge in [0.2, 0.25) is 5.88 Å². The first-order chi connectivity index (χ1) is 9.63. The third-order valence-electron chi connectivity index (χ3n) is 2.64. The van der Waals surface area contributed by atoms with Crippen LogP contribution in [0.2, 0.25) is 0 Å². The number of Topliss-reactive ketones (excluding diaryl/α,β-unsaturated/α-hetero) is 1. The Morgan fingerprint density at radius 1 is 1.30 bits per heavy atom. The van der Waals surface area contributed by atoms with E-state index < -0.39 is 0 Å². The van der Waals surface area contributed by atoms with Crippen LogP contribution in [0.4, 0.5) is 5.69 Å². The number of anilines is 1. The van der Waals surface area contributed by atoms with Crippen molar-refractivity contribution in [2.75, 3.05) is 5.73 Å². The molecule has 1 aromatic carbocycles. The molecule has 0 fully saturated rings. The van der Waals surface area contributed by atoms with Crippen molar-refractivity contribution < 1.29 is 9.53 Å². The van der Waals surface area contributed by atoms with Crippen LogP contribution in [0.15, 0.2) is 30.3 Å². The number of ketones is 1. The van der Waals surface area contributed by atoms with Gasteiger partial charge in [0.1, 0.15) is 5.75 Å². The third kappa shape index (κ3) is 2.14. The van der Waals surface area contributed by atoms with Crippen molar-refractivity contribution in [3.05, 3.63) is 35.9 Å². The van der Waals surface area contributed by atoms with Crippen molar-refractivity contribution in [3.8, 4) is 11.6 Å². The fraction of sp³-hybridized carbons (Fsp3) is 0.0833. The summed E-state index contributed by atoms with van der Waals surface area (Å²) in [7, 11) is 0. The van der Waals surface area contributed by atoms with E-state index in [1.54, 1.807) is 30.3 Å². The molecule has 2 N–H and O–H groups in total. The number of hydrogen-bond donors (Lipinski definition) is 1. The SMILES string of the molecule is CC(=O)c1cc(N)ccc1Oc1ccc2nnnn2n1. The number of tetrazole rings is 1. The molecule has 8 heteroatoms. The summed E-state index contributed by atoms with van der Waals surface area (Å²) in [5.74, 6) is 0.513. The van der Waals surface area contributed by atoms with E-state index in [-0.39, 0.29) is 11.7 Å². The topological polar surface area (TPSA) is 108 Å². The van der Waals surface area contributed by atoms with E-state index in [1.165, 1.54) is 11.6 Å². The Hall–Kier alpha value is -3.03. The molecule has 0 aliphatic carbocycles. The first-order valence-electron chi connectivity index (χ1n) is 5.77. The Labute approximate surface area is 113 Å². The predicted molar refractivity (Wildman–Crippen MR) is 69.5 cm³/mol. The highest BCUT2D eigenvalue weighted by Gasteiger charge is 2.11. The molecule has 0 unspecified atom stereocenters. The minimum Gasteiger partial charge on any atom is -0.437 e. The van der Waals surface area contributed by atoms with Crippen LogP contribution < -0.4 is 10.5 Å². The Morgan fingerprint density at radius 2 is 2.15 bits per heavy atom. The number of fused-ring (bicyclic) bond motifs is 1. The van der Waals surface area contributed by atoms with E-state index in [4.69, 9.17) is 10.5 Å². The second kappa shape index (κ2) is 4.57. The van der Waals surface area contributed by atoms with Crippen LogP contribution in [-0.2, 0) is 0 Å². The monoisotopic (exact) mass is 270 g/mol. The number of nitrogens with zero attached hydrogens (tertiary/aromatic N) is 5. The highest BCUT2D eigenvalue weighted by Crippen LogP contribution is 2.26. The number of nitrogen functional groups attached to an aromatic ring is 1. The lowest BCUT2D eigenvalue weighted by Crippen LogP contribution is -2.01. The Balaban J connectivity index is 1.99. The first kappa shape index (κ1) is 12.0. The van der Waals surface area contributed by atoms with Crippen LogP contribution in [-0.4, -0.2) is 31.0 Å². The Morgan fingerprint density at radius 3 is 2.95 bits per heavy atom. The number of carbonyl (C=O) groups excluding carboxylic acids is 1. The summed E-state index contributed by atoms with van der Waals surface area (Å²) in [5.41, 5.74) is 7.05. The molecule has 0 atom stereocenters. The van der Waals surface area contributed by atoms with Gasteiger partial charge in [-0.25, -0.2) is 0 Å². The average Bonchev–Trinajstić information content (AvgIpc) is 2.88. The molecule has 2 aromatic heterocycles. The number of aromatic nitrogens is 5. The second-order valence-electron chi connectivity index (χ2n) is 4.11. The number of nitrogens with two attached hydrogens (primary N) is 1. The lowest BCUT2D eigenvalue weighted by atomic mass is 10.1. The zero-order valence-corrected chi connectivity index (χ0v) is 10.5. The van der Waals surface area contributed by atoms with Crippen LogP contribution in [0.1, 0.15) is 17.3 Å². The number of carbonyl (C=O) groups is 1. The molecule has 0 aliphatic heterocycles. The van der Waals surface area contributed by atoms with Crippen LogP contribution >= 0.6 is 0 Å². The molecule has 0 aliphatic rings. The second-order valence-corrected chi connectivity index (χ2v) is 4.11. The molecule has 2 heterocycles. The van der Waals surface area contributed by atoms with Crippen LogP contribution in [0, 0.1) is 0 Å². The van der Waals surface area contributed by atoms with Gasteiger partial charge < -0.3 is 10.5 Å². The average molecular weight is 270 g/mol. The molecule has 0 spiro atoms. The maximum Gasteiger partial charge on any atom is 0.239 e. The molecule has 20 heavy (non-hydrogen) atoms. The van der Waals surface area contributed by atoms with Gasteiger partial charge in [0.25, 0.3) is 0 Å². The van der Waals surface area contributed by atoms with Gasteiger partial charge in [-0.3, -0.25) is 4.79 Å². The number of rotatable bonds is 3. The largest absolute Gasteiger partial charge is 0.437 e. The molecule has 3 rings (SSSR count). The molecule has 100 valence electrons. The van der Waals surface area contributed by atoms with E-state index in [9.17, 15) is 4.79 Å².